The Hall–Kier alpha value is -1.30. The Labute approximate surface area is 123 Å². The van der Waals surface area contributed by atoms with E-state index in [0.29, 0.717) is 13.0 Å². The maximum atomic E-state index is 12.2. The fourth-order valence-electron chi connectivity index (χ4n) is 2.17. The molecule has 6 heteroatoms. The van der Waals surface area contributed by atoms with Crippen LogP contribution in [0.4, 0.5) is 0 Å². The minimum atomic E-state index is -0.0759. The van der Waals surface area contributed by atoms with Crippen LogP contribution in [0.25, 0.3) is 0 Å². The number of nitrogens with one attached hydrogen (secondary N) is 1. The van der Waals surface area contributed by atoms with Gasteiger partial charge in [-0.3, -0.25) is 14.2 Å². The van der Waals surface area contributed by atoms with Crippen LogP contribution in [0.15, 0.2) is 16.0 Å². The second-order valence-corrected chi connectivity index (χ2v) is 6.33. The summed E-state index contributed by atoms with van der Waals surface area (Å²) < 4.78 is 1.67. The van der Waals surface area contributed by atoms with Crippen molar-refractivity contribution < 1.29 is 4.79 Å². The minimum Gasteiger partial charge on any atom is -0.356 e. The molecule has 0 saturated heterocycles. The predicted octanol–water partition coefficient (Wildman–Crippen LogP) is 1.93. The fourth-order valence-corrected chi connectivity index (χ4v) is 3.32. The van der Waals surface area contributed by atoms with E-state index in [-0.39, 0.29) is 23.4 Å². The van der Waals surface area contributed by atoms with Gasteiger partial charge in [-0.15, -0.1) is 0 Å². The van der Waals surface area contributed by atoms with E-state index in [1.54, 1.807) is 22.4 Å². The van der Waals surface area contributed by atoms with Gasteiger partial charge in [0.05, 0.1) is 11.7 Å². The zero-order valence-corrected chi connectivity index (χ0v) is 13.0. The Kier molecular flexibility index (Phi) is 4.86. The minimum absolute atomic E-state index is 0.00476. The number of carbonyl (C=O) groups excluding carboxylic acids is 1. The molecule has 1 aromatic heterocycles. The summed E-state index contributed by atoms with van der Waals surface area (Å²) in [7, 11) is 0. The number of nitrogens with zero attached hydrogens (tertiary/aromatic N) is 2. The number of rotatable bonds is 5. The molecule has 110 valence electrons. The van der Waals surface area contributed by atoms with E-state index in [0.717, 1.165) is 23.0 Å². The first-order valence-electron chi connectivity index (χ1n) is 7.06. The molecule has 1 aliphatic rings. The van der Waals surface area contributed by atoms with Crippen LogP contribution >= 0.6 is 11.8 Å². The van der Waals surface area contributed by atoms with Gasteiger partial charge in [-0.2, -0.15) is 0 Å². The van der Waals surface area contributed by atoms with Crippen molar-refractivity contribution in [3.8, 4) is 0 Å². The van der Waals surface area contributed by atoms with E-state index in [9.17, 15) is 9.59 Å². The molecule has 0 spiro atoms. The number of carbonyl (C=O) groups is 1. The molecule has 1 aromatic rings. The highest BCUT2D eigenvalue weighted by Gasteiger charge is 2.27. The second-order valence-electron chi connectivity index (χ2n) is 5.35. The monoisotopic (exact) mass is 295 g/mol. The first kappa shape index (κ1) is 15.1. The van der Waals surface area contributed by atoms with Gasteiger partial charge >= 0.3 is 0 Å². The lowest BCUT2D eigenvalue weighted by Gasteiger charge is -2.14. The Morgan fingerprint density at radius 1 is 1.60 bits per heavy atom. The summed E-state index contributed by atoms with van der Waals surface area (Å²) in [6.07, 6.45) is 1.27. The molecular formula is C14H21N3O2S. The first-order valence-corrected chi connectivity index (χ1v) is 8.04. The van der Waals surface area contributed by atoms with Crippen LogP contribution in [0.1, 0.15) is 51.3 Å². The van der Waals surface area contributed by atoms with Crippen LogP contribution in [-0.2, 0) is 4.79 Å². The molecule has 1 N–H and O–H groups in total. The van der Waals surface area contributed by atoms with Crippen LogP contribution in [0.2, 0.25) is 0 Å². The lowest BCUT2D eigenvalue weighted by molar-refractivity contribution is -0.121. The first-order chi connectivity index (χ1) is 9.52. The van der Waals surface area contributed by atoms with Crippen molar-refractivity contribution in [2.45, 2.75) is 50.7 Å². The summed E-state index contributed by atoms with van der Waals surface area (Å²) in [4.78, 5) is 28.5. The van der Waals surface area contributed by atoms with Gasteiger partial charge in [-0.25, -0.2) is 4.98 Å². The van der Waals surface area contributed by atoms with E-state index in [2.05, 4.69) is 10.3 Å². The van der Waals surface area contributed by atoms with Gasteiger partial charge in [-0.1, -0.05) is 32.5 Å². The molecule has 0 aliphatic carbocycles. The molecule has 1 amide bonds. The summed E-state index contributed by atoms with van der Waals surface area (Å²) >= 11 is 1.56. The standard InChI is InChI=1S/C14H21N3O2S/c1-4-5-15-12(18)6-10-8-20-14-16-11(9(2)3)7-13(19)17(10)14/h7,9-10H,4-6,8H2,1-3H3,(H,15,18). The molecule has 1 aliphatic heterocycles. The molecule has 0 saturated carbocycles. The Balaban J connectivity index is 2.17. The highest BCUT2D eigenvalue weighted by Crippen LogP contribution is 2.32. The third kappa shape index (κ3) is 3.23. The number of hydrogen-bond acceptors (Lipinski definition) is 4. The predicted molar refractivity (Wildman–Crippen MR) is 80.3 cm³/mol. The number of amides is 1. The van der Waals surface area contributed by atoms with Gasteiger partial charge in [0.25, 0.3) is 5.56 Å². The van der Waals surface area contributed by atoms with Gasteiger partial charge in [-0.05, 0) is 12.3 Å². The average molecular weight is 295 g/mol. The highest BCUT2D eigenvalue weighted by molar-refractivity contribution is 7.99. The van der Waals surface area contributed by atoms with E-state index < -0.39 is 0 Å². The zero-order valence-electron chi connectivity index (χ0n) is 12.2. The van der Waals surface area contributed by atoms with E-state index in [4.69, 9.17) is 0 Å². The molecule has 0 radical (unpaired) electrons. The van der Waals surface area contributed by atoms with Crippen LogP contribution in [0, 0.1) is 0 Å². The van der Waals surface area contributed by atoms with Crippen LogP contribution in [-0.4, -0.2) is 27.8 Å². The van der Waals surface area contributed by atoms with Crippen LogP contribution < -0.4 is 10.9 Å². The smallest absolute Gasteiger partial charge is 0.254 e. The molecule has 0 bridgehead atoms. The van der Waals surface area contributed by atoms with Gasteiger partial charge in [0.1, 0.15) is 0 Å². The maximum Gasteiger partial charge on any atom is 0.254 e. The lowest BCUT2D eigenvalue weighted by atomic mass is 10.1. The lowest BCUT2D eigenvalue weighted by Crippen LogP contribution is -2.31. The Morgan fingerprint density at radius 3 is 3.00 bits per heavy atom. The van der Waals surface area contributed by atoms with Crippen LogP contribution in [0.3, 0.4) is 0 Å². The quantitative estimate of drug-likeness (QED) is 0.843. The third-order valence-corrected chi connectivity index (χ3v) is 4.39. The largest absolute Gasteiger partial charge is 0.356 e. The summed E-state index contributed by atoms with van der Waals surface area (Å²) in [5.74, 6) is 0.981. The fraction of sp³-hybridized carbons (Fsp3) is 0.643. The molecule has 5 nitrogen and oxygen atoms in total. The summed E-state index contributed by atoms with van der Waals surface area (Å²) in [5, 5.41) is 3.60. The number of aromatic nitrogens is 2. The van der Waals surface area contributed by atoms with E-state index >= 15 is 0 Å². The van der Waals surface area contributed by atoms with E-state index in [1.807, 2.05) is 20.8 Å². The molecular weight excluding hydrogens is 274 g/mol. The topological polar surface area (TPSA) is 64.0 Å². The second kappa shape index (κ2) is 6.43. The number of thioether (sulfide) groups is 1. The van der Waals surface area contributed by atoms with Gasteiger partial charge in [0, 0.05) is 24.8 Å². The Morgan fingerprint density at radius 2 is 2.35 bits per heavy atom. The van der Waals surface area contributed by atoms with Crippen LogP contribution in [0.5, 0.6) is 0 Å². The third-order valence-electron chi connectivity index (χ3n) is 3.29. The molecule has 2 rings (SSSR count). The van der Waals surface area contributed by atoms with Crippen molar-refractivity contribution >= 4 is 17.7 Å². The summed E-state index contributed by atoms with van der Waals surface area (Å²) in [5.41, 5.74) is 0.779. The molecule has 20 heavy (non-hydrogen) atoms. The van der Waals surface area contributed by atoms with Crippen molar-refractivity contribution in [1.29, 1.82) is 0 Å². The number of fused-ring (bicyclic) bond motifs is 1. The highest BCUT2D eigenvalue weighted by atomic mass is 32.2. The van der Waals surface area contributed by atoms with Crippen molar-refractivity contribution in [2.24, 2.45) is 0 Å². The molecule has 0 aromatic carbocycles. The zero-order chi connectivity index (χ0) is 14.7. The number of hydrogen-bond donors (Lipinski definition) is 1. The Bertz CT molecular complexity index is 554. The van der Waals surface area contributed by atoms with Crippen molar-refractivity contribution in [3.63, 3.8) is 0 Å². The summed E-state index contributed by atoms with van der Waals surface area (Å²) in [6.45, 7) is 6.75. The van der Waals surface area contributed by atoms with E-state index in [1.165, 1.54) is 0 Å². The van der Waals surface area contributed by atoms with Gasteiger partial charge < -0.3 is 5.32 Å². The average Bonchev–Trinajstić information content (AvgIpc) is 2.79. The molecule has 2 heterocycles. The molecule has 1 atom stereocenters. The molecule has 0 fully saturated rings. The van der Waals surface area contributed by atoms with Crippen molar-refractivity contribution in [1.82, 2.24) is 14.9 Å². The van der Waals surface area contributed by atoms with Gasteiger partial charge in [0.2, 0.25) is 5.91 Å². The van der Waals surface area contributed by atoms with Gasteiger partial charge in [0.15, 0.2) is 5.16 Å². The maximum absolute atomic E-state index is 12.2. The van der Waals surface area contributed by atoms with Crippen molar-refractivity contribution in [3.05, 3.63) is 22.1 Å². The SMILES string of the molecule is CCCNC(=O)CC1CSc2nc(C(C)C)cc(=O)n21. The summed E-state index contributed by atoms with van der Waals surface area (Å²) in [6, 6.07) is 1.52. The normalized spacial score (nSPS) is 17.3. The van der Waals surface area contributed by atoms with Crippen molar-refractivity contribution in [2.75, 3.05) is 12.3 Å². The molecule has 1 unspecified atom stereocenters.